The number of benzene rings is 1. The highest BCUT2D eigenvalue weighted by molar-refractivity contribution is 9.10. The van der Waals surface area contributed by atoms with E-state index in [1.165, 1.54) is 19.1 Å². The van der Waals surface area contributed by atoms with Crippen LogP contribution in [0.2, 0.25) is 0 Å². The van der Waals surface area contributed by atoms with Crippen molar-refractivity contribution in [3.8, 4) is 0 Å². The number of carboxylic acid groups (broad SMARTS) is 1. The van der Waals surface area contributed by atoms with Crippen LogP contribution in [0.4, 0.5) is 9.18 Å². The zero-order chi connectivity index (χ0) is 17.8. The summed E-state index contributed by atoms with van der Waals surface area (Å²) in [5, 5.41) is 9.42. The van der Waals surface area contributed by atoms with Crippen LogP contribution in [-0.4, -0.2) is 30.0 Å². The van der Waals surface area contributed by atoms with E-state index < -0.39 is 39.3 Å². The fraction of sp³-hybridized carbons (Fsp3) is 0.500. The Balaban J connectivity index is 2.84. The van der Waals surface area contributed by atoms with Crippen LogP contribution in [0, 0.1) is 11.2 Å². The van der Waals surface area contributed by atoms with Crippen LogP contribution < -0.4 is 0 Å². The normalized spacial score (nSPS) is 27.2. The second-order valence-corrected chi connectivity index (χ2v) is 8.95. The van der Waals surface area contributed by atoms with Gasteiger partial charge in [0.05, 0.1) is 0 Å². The van der Waals surface area contributed by atoms with Gasteiger partial charge in [-0.15, -0.1) is 0 Å². The Hall–Kier alpha value is -1.19. The third-order valence-corrected chi connectivity index (χ3v) is 5.72. The third-order valence-electron chi connectivity index (χ3n) is 3.81. The van der Waals surface area contributed by atoms with Crippen LogP contribution in [0.25, 0.3) is 0 Å². The Labute approximate surface area is 142 Å². The van der Waals surface area contributed by atoms with E-state index in [4.69, 9.17) is 4.18 Å². The molecule has 128 valence electrons. The SMILES string of the molecule is CC(C)(C)C1OS(=O)(=O)N(C(=O)O)[C@]1(C)c1cc(Br)ccc1F. The van der Waals surface area contributed by atoms with Gasteiger partial charge in [0.1, 0.15) is 17.5 Å². The van der Waals surface area contributed by atoms with Gasteiger partial charge < -0.3 is 5.11 Å². The first-order valence-corrected chi connectivity index (χ1v) is 8.89. The van der Waals surface area contributed by atoms with Crippen LogP contribution in [0.5, 0.6) is 0 Å². The predicted molar refractivity (Wildman–Crippen MR) is 84.6 cm³/mol. The zero-order valence-electron chi connectivity index (χ0n) is 13.0. The minimum Gasteiger partial charge on any atom is -0.464 e. The summed E-state index contributed by atoms with van der Waals surface area (Å²) in [6, 6.07) is 3.97. The number of carbonyl (C=O) groups is 1. The molecule has 1 unspecified atom stereocenters. The molecule has 23 heavy (non-hydrogen) atoms. The average molecular weight is 410 g/mol. The topological polar surface area (TPSA) is 83.9 Å². The smallest absolute Gasteiger partial charge is 0.423 e. The lowest BCUT2D eigenvalue weighted by molar-refractivity contribution is 0.0238. The van der Waals surface area contributed by atoms with E-state index in [1.54, 1.807) is 20.8 Å². The molecule has 6 nitrogen and oxygen atoms in total. The van der Waals surface area contributed by atoms with E-state index in [9.17, 15) is 22.7 Å². The van der Waals surface area contributed by atoms with Gasteiger partial charge in [0.2, 0.25) is 0 Å². The first-order chi connectivity index (χ1) is 10.3. The van der Waals surface area contributed by atoms with Crippen LogP contribution in [0.15, 0.2) is 22.7 Å². The first-order valence-electron chi connectivity index (χ1n) is 6.74. The molecule has 1 N–H and O–H groups in total. The summed E-state index contributed by atoms with van der Waals surface area (Å²) in [4.78, 5) is 11.6. The third kappa shape index (κ3) is 2.85. The van der Waals surface area contributed by atoms with Crippen molar-refractivity contribution in [1.82, 2.24) is 4.31 Å². The quantitative estimate of drug-likeness (QED) is 0.767. The Morgan fingerprint density at radius 1 is 1.43 bits per heavy atom. The number of amides is 1. The van der Waals surface area contributed by atoms with Gasteiger partial charge in [-0.25, -0.2) is 13.4 Å². The Bertz CT molecular complexity index is 761. The van der Waals surface area contributed by atoms with Gasteiger partial charge in [-0.3, -0.25) is 0 Å². The molecule has 0 spiro atoms. The van der Waals surface area contributed by atoms with Crippen LogP contribution in [0.1, 0.15) is 33.3 Å². The summed E-state index contributed by atoms with van der Waals surface area (Å²) < 4.78 is 44.7. The summed E-state index contributed by atoms with van der Waals surface area (Å²) in [7, 11) is -4.55. The van der Waals surface area contributed by atoms with Crippen LogP contribution in [-0.2, 0) is 20.0 Å². The van der Waals surface area contributed by atoms with Crippen molar-refractivity contribution in [3.63, 3.8) is 0 Å². The number of rotatable bonds is 1. The van der Waals surface area contributed by atoms with Crippen molar-refractivity contribution in [3.05, 3.63) is 34.1 Å². The lowest BCUT2D eigenvalue weighted by Gasteiger charge is -2.39. The van der Waals surface area contributed by atoms with Gasteiger partial charge in [-0.05, 0) is 30.5 Å². The maximum atomic E-state index is 14.4. The summed E-state index contributed by atoms with van der Waals surface area (Å²) in [5.41, 5.74) is -2.58. The van der Waals surface area contributed by atoms with Gasteiger partial charge in [-0.2, -0.15) is 12.7 Å². The van der Waals surface area contributed by atoms with E-state index in [0.717, 1.165) is 6.07 Å². The fourth-order valence-electron chi connectivity index (χ4n) is 3.01. The molecule has 1 amide bonds. The minimum absolute atomic E-state index is 0.0738. The minimum atomic E-state index is -4.55. The molecule has 1 saturated heterocycles. The van der Waals surface area contributed by atoms with Gasteiger partial charge in [-0.1, -0.05) is 36.7 Å². The van der Waals surface area contributed by atoms with Gasteiger partial charge in [0.25, 0.3) is 0 Å². The molecule has 0 aliphatic carbocycles. The standard InChI is InChI=1S/C14H17BrFNO5S/c1-13(2,3)11-14(4,9-7-8(15)5-6-10(9)16)17(12(18)19)23(20,21)22-11/h5-7,11H,1-4H3,(H,18,19)/t11?,14-/m1/s1. The highest BCUT2D eigenvalue weighted by Crippen LogP contribution is 2.50. The molecule has 0 bridgehead atoms. The maximum absolute atomic E-state index is 14.4. The zero-order valence-corrected chi connectivity index (χ0v) is 15.4. The molecule has 0 radical (unpaired) electrons. The molecule has 1 aliphatic heterocycles. The largest absolute Gasteiger partial charge is 0.464 e. The average Bonchev–Trinajstić information content (AvgIpc) is 2.59. The lowest BCUT2D eigenvalue weighted by Crippen LogP contribution is -2.52. The molecule has 1 aromatic carbocycles. The number of hydrogen-bond donors (Lipinski definition) is 1. The van der Waals surface area contributed by atoms with Crippen LogP contribution in [0.3, 0.4) is 0 Å². The van der Waals surface area contributed by atoms with Gasteiger partial charge in [0, 0.05) is 10.0 Å². The molecule has 1 aliphatic rings. The number of hydrogen-bond acceptors (Lipinski definition) is 4. The van der Waals surface area contributed by atoms with E-state index in [-0.39, 0.29) is 9.87 Å². The van der Waals surface area contributed by atoms with Crippen molar-refractivity contribution in [2.75, 3.05) is 0 Å². The van der Waals surface area contributed by atoms with Gasteiger partial charge >= 0.3 is 16.4 Å². The molecular formula is C14H17BrFNO5S. The summed E-state index contributed by atoms with van der Waals surface area (Å²) in [5.74, 6) is -0.711. The number of halogens is 2. The molecule has 9 heteroatoms. The second kappa shape index (κ2) is 5.42. The molecular weight excluding hydrogens is 393 g/mol. The highest BCUT2D eigenvalue weighted by Gasteiger charge is 2.63. The van der Waals surface area contributed by atoms with E-state index in [1.807, 2.05) is 0 Å². The molecule has 2 rings (SSSR count). The summed E-state index contributed by atoms with van der Waals surface area (Å²) in [6.45, 7) is 6.46. The summed E-state index contributed by atoms with van der Waals surface area (Å²) >= 11 is 3.20. The Morgan fingerprint density at radius 3 is 2.48 bits per heavy atom. The number of nitrogens with zero attached hydrogens (tertiary/aromatic N) is 1. The Morgan fingerprint density at radius 2 is 2.00 bits per heavy atom. The second-order valence-electron chi connectivity index (χ2n) is 6.62. The van der Waals surface area contributed by atoms with E-state index >= 15 is 0 Å². The molecule has 1 heterocycles. The molecule has 2 atom stereocenters. The maximum Gasteiger partial charge on any atom is 0.423 e. The molecule has 0 aromatic heterocycles. The predicted octanol–water partition coefficient (Wildman–Crippen LogP) is 3.47. The summed E-state index contributed by atoms with van der Waals surface area (Å²) in [6.07, 6.45) is -2.82. The monoisotopic (exact) mass is 409 g/mol. The van der Waals surface area contributed by atoms with Crippen LogP contribution >= 0.6 is 15.9 Å². The fourth-order valence-corrected chi connectivity index (χ4v) is 5.03. The molecule has 1 fully saturated rings. The van der Waals surface area contributed by atoms with E-state index in [2.05, 4.69) is 15.9 Å². The van der Waals surface area contributed by atoms with Crippen molar-refractivity contribution in [2.45, 2.75) is 39.3 Å². The van der Waals surface area contributed by atoms with E-state index in [0.29, 0.717) is 4.47 Å². The van der Waals surface area contributed by atoms with Crippen molar-refractivity contribution in [1.29, 1.82) is 0 Å². The highest BCUT2D eigenvalue weighted by atomic mass is 79.9. The lowest BCUT2D eigenvalue weighted by atomic mass is 9.73. The molecule has 1 aromatic rings. The Kier molecular flexibility index (Phi) is 4.28. The van der Waals surface area contributed by atoms with Crippen molar-refractivity contribution >= 4 is 32.3 Å². The molecule has 0 saturated carbocycles. The van der Waals surface area contributed by atoms with Crippen molar-refractivity contribution < 1.29 is 26.9 Å². The first kappa shape index (κ1) is 18.2. The van der Waals surface area contributed by atoms with Gasteiger partial charge in [0.15, 0.2) is 0 Å². The van der Waals surface area contributed by atoms with Crippen molar-refractivity contribution in [2.24, 2.45) is 5.41 Å².